The van der Waals surface area contributed by atoms with Crippen molar-refractivity contribution < 1.29 is 0 Å². The number of halogens is 1. The molecule has 21 heavy (non-hydrogen) atoms. The largest absolute Gasteiger partial charge is 0.314 e. The average molecular weight is 366 g/mol. The minimum absolute atomic E-state index is 0.589. The van der Waals surface area contributed by atoms with Gasteiger partial charge in [0.1, 0.15) is 0 Å². The number of rotatable bonds is 9. The Labute approximate surface area is 140 Å². The van der Waals surface area contributed by atoms with Gasteiger partial charge in [-0.3, -0.25) is 0 Å². The van der Waals surface area contributed by atoms with E-state index < -0.39 is 0 Å². The minimum atomic E-state index is 0.589. The van der Waals surface area contributed by atoms with Crippen molar-refractivity contribution in [3.63, 3.8) is 0 Å². The van der Waals surface area contributed by atoms with Gasteiger partial charge >= 0.3 is 0 Å². The van der Waals surface area contributed by atoms with Crippen LogP contribution in [0.3, 0.4) is 0 Å². The van der Waals surface area contributed by atoms with Crippen LogP contribution in [0.1, 0.15) is 36.6 Å². The van der Waals surface area contributed by atoms with Gasteiger partial charge in [0, 0.05) is 15.4 Å². The van der Waals surface area contributed by atoms with Crippen LogP contribution >= 0.6 is 27.3 Å². The van der Waals surface area contributed by atoms with E-state index in [0.717, 1.165) is 17.4 Å². The van der Waals surface area contributed by atoms with Crippen molar-refractivity contribution in [2.75, 3.05) is 6.54 Å². The topological polar surface area (TPSA) is 12.0 Å². The summed E-state index contributed by atoms with van der Waals surface area (Å²) in [5.74, 6) is 0. The summed E-state index contributed by atoms with van der Waals surface area (Å²) >= 11 is 5.38. The van der Waals surface area contributed by atoms with E-state index in [0.29, 0.717) is 6.04 Å². The van der Waals surface area contributed by atoms with E-state index in [1.807, 2.05) is 11.3 Å². The Morgan fingerprint density at radius 1 is 1.19 bits per heavy atom. The third kappa shape index (κ3) is 6.33. The molecule has 0 saturated heterocycles. The normalized spacial score (nSPS) is 12.5. The quantitative estimate of drug-likeness (QED) is 0.623. The van der Waals surface area contributed by atoms with Crippen LogP contribution in [-0.2, 0) is 12.8 Å². The standard InChI is InChI=1S/C18H24BrNS/c1-2-12-20-17(5-3-6-18-7-4-13-21-18)14-15-8-10-16(19)11-9-15/h4,7-11,13,17,20H,2-3,5-6,12,14H2,1H3. The highest BCUT2D eigenvalue weighted by Crippen LogP contribution is 2.16. The van der Waals surface area contributed by atoms with E-state index in [-0.39, 0.29) is 0 Å². The Hall–Kier alpha value is -0.640. The van der Waals surface area contributed by atoms with Gasteiger partial charge in [0.15, 0.2) is 0 Å². The number of hydrogen-bond acceptors (Lipinski definition) is 2. The van der Waals surface area contributed by atoms with Gasteiger partial charge in [-0.25, -0.2) is 0 Å². The summed E-state index contributed by atoms with van der Waals surface area (Å²) in [5.41, 5.74) is 1.42. The molecule has 0 saturated carbocycles. The van der Waals surface area contributed by atoms with E-state index >= 15 is 0 Å². The van der Waals surface area contributed by atoms with Gasteiger partial charge in [-0.15, -0.1) is 11.3 Å². The Morgan fingerprint density at radius 3 is 2.67 bits per heavy atom. The molecule has 0 amide bonds. The molecule has 0 radical (unpaired) electrons. The molecule has 1 nitrogen and oxygen atoms in total. The number of nitrogens with one attached hydrogen (secondary N) is 1. The molecule has 114 valence electrons. The van der Waals surface area contributed by atoms with E-state index in [1.54, 1.807) is 0 Å². The third-order valence-electron chi connectivity index (χ3n) is 3.63. The number of benzene rings is 1. The molecule has 1 N–H and O–H groups in total. The second-order valence-corrected chi connectivity index (χ2v) is 7.40. The van der Waals surface area contributed by atoms with Crippen LogP contribution in [0.2, 0.25) is 0 Å². The molecule has 0 bridgehead atoms. The van der Waals surface area contributed by atoms with Crippen molar-refractivity contribution in [3.8, 4) is 0 Å². The number of aryl methyl sites for hydroxylation is 1. The lowest BCUT2D eigenvalue weighted by molar-refractivity contribution is 0.465. The molecule has 1 aromatic heterocycles. The van der Waals surface area contributed by atoms with Gasteiger partial charge in [-0.1, -0.05) is 41.1 Å². The highest BCUT2D eigenvalue weighted by Gasteiger charge is 2.09. The molecule has 0 aliphatic rings. The molecular weight excluding hydrogens is 342 g/mol. The summed E-state index contributed by atoms with van der Waals surface area (Å²) in [6.45, 7) is 3.34. The molecule has 0 aliphatic heterocycles. The zero-order chi connectivity index (χ0) is 14.9. The molecule has 0 fully saturated rings. The van der Waals surface area contributed by atoms with Crippen LogP contribution in [0.25, 0.3) is 0 Å². The smallest absolute Gasteiger partial charge is 0.0175 e. The van der Waals surface area contributed by atoms with E-state index in [1.165, 1.54) is 36.1 Å². The van der Waals surface area contributed by atoms with Crippen LogP contribution in [0.5, 0.6) is 0 Å². The molecule has 2 rings (SSSR count). The van der Waals surface area contributed by atoms with Crippen molar-refractivity contribution >= 4 is 27.3 Å². The number of hydrogen-bond donors (Lipinski definition) is 1. The monoisotopic (exact) mass is 365 g/mol. The minimum Gasteiger partial charge on any atom is -0.314 e. The molecule has 0 spiro atoms. The molecule has 1 unspecified atom stereocenters. The Bertz CT molecular complexity index is 492. The zero-order valence-corrected chi connectivity index (χ0v) is 15.1. The highest BCUT2D eigenvalue weighted by atomic mass is 79.9. The summed E-state index contributed by atoms with van der Waals surface area (Å²) in [7, 11) is 0. The van der Waals surface area contributed by atoms with Gasteiger partial charge in [0.2, 0.25) is 0 Å². The van der Waals surface area contributed by atoms with Crippen LogP contribution in [-0.4, -0.2) is 12.6 Å². The van der Waals surface area contributed by atoms with E-state index in [2.05, 4.69) is 69.9 Å². The van der Waals surface area contributed by atoms with E-state index in [4.69, 9.17) is 0 Å². The lowest BCUT2D eigenvalue weighted by Gasteiger charge is -2.18. The molecule has 1 heterocycles. The predicted octanol–water partition coefficient (Wildman–Crippen LogP) is 5.44. The van der Waals surface area contributed by atoms with Crippen molar-refractivity contribution in [3.05, 3.63) is 56.7 Å². The van der Waals surface area contributed by atoms with Gasteiger partial charge in [0.25, 0.3) is 0 Å². The highest BCUT2D eigenvalue weighted by molar-refractivity contribution is 9.10. The summed E-state index contributed by atoms with van der Waals surface area (Å²) in [4.78, 5) is 1.51. The summed E-state index contributed by atoms with van der Waals surface area (Å²) < 4.78 is 1.15. The first-order valence-corrected chi connectivity index (χ1v) is 9.45. The second-order valence-electron chi connectivity index (χ2n) is 5.45. The fourth-order valence-corrected chi connectivity index (χ4v) is 3.52. The van der Waals surface area contributed by atoms with Crippen LogP contribution < -0.4 is 5.32 Å². The van der Waals surface area contributed by atoms with Crippen LogP contribution in [0, 0.1) is 0 Å². The molecular formula is C18H24BrNS. The molecule has 1 atom stereocenters. The van der Waals surface area contributed by atoms with Gasteiger partial charge in [-0.05, 0) is 67.8 Å². The van der Waals surface area contributed by atoms with E-state index in [9.17, 15) is 0 Å². The fraction of sp³-hybridized carbons (Fsp3) is 0.444. The summed E-state index contributed by atoms with van der Waals surface area (Å²) in [6, 6.07) is 13.7. The Kier molecular flexibility index (Phi) is 7.48. The first-order chi connectivity index (χ1) is 10.3. The summed E-state index contributed by atoms with van der Waals surface area (Å²) in [5, 5.41) is 5.87. The van der Waals surface area contributed by atoms with Crippen LogP contribution in [0.15, 0.2) is 46.3 Å². The Morgan fingerprint density at radius 2 is 2.00 bits per heavy atom. The Balaban J connectivity index is 1.83. The zero-order valence-electron chi connectivity index (χ0n) is 12.6. The fourth-order valence-electron chi connectivity index (χ4n) is 2.51. The van der Waals surface area contributed by atoms with Crippen molar-refractivity contribution in [1.82, 2.24) is 5.32 Å². The molecule has 2 aromatic rings. The lowest BCUT2D eigenvalue weighted by Crippen LogP contribution is -2.31. The maximum absolute atomic E-state index is 3.70. The molecule has 0 aliphatic carbocycles. The summed E-state index contributed by atoms with van der Waals surface area (Å²) in [6.07, 6.45) is 6.04. The third-order valence-corrected chi connectivity index (χ3v) is 5.10. The van der Waals surface area contributed by atoms with Gasteiger partial charge in [0.05, 0.1) is 0 Å². The molecule has 3 heteroatoms. The van der Waals surface area contributed by atoms with Crippen molar-refractivity contribution in [1.29, 1.82) is 0 Å². The SMILES string of the molecule is CCCNC(CCCc1cccs1)Cc1ccc(Br)cc1. The van der Waals surface area contributed by atoms with Gasteiger partial charge in [-0.2, -0.15) is 0 Å². The van der Waals surface area contributed by atoms with Crippen LogP contribution in [0.4, 0.5) is 0 Å². The number of thiophene rings is 1. The first-order valence-electron chi connectivity index (χ1n) is 7.78. The van der Waals surface area contributed by atoms with Crippen molar-refractivity contribution in [2.24, 2.45) is 0 Å². The maximum Gasteiger partial charge on any atom is 0.0175 e. The average Bonchev–Trinajstić information content (AvgIpc) is 3.00. The second kappa shape index (κ2) is 9.39. The predicted molar refractivity (Wildman–Crippen MR) is 97.2 cm³/mol. The molecule has 1 aromatic carbocycles. The lowest BCUT2D eigenvalue weighted by atomic mass is 10.0. The van der Waals surface area contributed by atoms with Gasteiger partial charge < -0.3 is 5.32 Å². The maximum atomic E-state index is 3.70. The van der Waals surface area contributed by atoms with Crippen molar-refractivity contribution in [2.45, 2.75) is 45.1 Å². The first kappa shape index (κ1) is 16.7.